The molecule has 0 amide bonds. The molecule has 1 aliphatic heterocycles. The largest absolute Gasteiger partial charge is 0.315 e. The summed E-state index contributed by atoms with van der Waals surface area (Å²) >= 11 is 1.95. The van der Waals surface area contributed by atoms with E-state index in [1.165, 1.54) is 44.8 Å². The van der Waals surface area contributed by atoms with Crippen LogP contribution in [0.1, 0.15) is 26.7 Å². The fourth-order valence-corrected chi connectivity index (χ4v) is 2.91. The number of hydrogen-bond donors (Lipinski definition) is 1. The molecule has 108 valence electrons. The van der Waals surface area contributed by atoms with E-state index in [1.54, 1.807) is 0 Å². The van der Waals surface area contributed by atoms with Gasteiger partial charge in [0.25, 0.3) is 0 Å². The van der Waals surface area contributed by atoms with Crippen LogP contribution >= 0.6 is 11.8 Å². The van der Waals surface area contributed by atoms with Crippen LogP contribution in [0.4, 0.5) is 0 Å². The van der Waals surface area contributed by atoms with Crippen molar-refractivity contribution in [3.05, 3.63) is 0 Å². The average molecular weight is 273 g/mol. The third-order valence-electron chi connectivity index (χ3n) is 3.87. The molecule has 1 rings (SSSR count). The lowest BCUT2D eigenvalue weighted by Crippen LogP contribution is -2.57. The Morgan fingerprint density at radius 2 is 1.78 bits per heavy atom. The summed E-state index contributed by atoms with van der Waals surface area (Å²) in [5.74, 6) is 1.30. The Morgan fingerprint density at radius 1 is 1.11 bits per heavy atom. The summed E-state index contributed by atoms with van der Waals surface area (Å²) in [6.07, 6.45) is 4.83. The molecular formula is C14H31N3S. The maximum atomic E-state index is 3.63. The van der Waals surface area contributed by atoms with E-state index in [9.17, 15) is 0 Å². The van der Waals surface area contributed by atoms with E-state index in [0.29, 0.717) is 5.54 Å². The monoisotopic (exact) mass is 273 g/mol. The second kappa shape index (κ2) is 8.41. The topological polar surface area (TPSA) is 18.5 Å². The molecule has 18 heavy (non-hydrogen) atoms. The van der Waals surface area contributed by atoms with Gasteiger partial charge >= 0.3 is 0 Å². The minimum Gasteiger partial charge on any atom is -0.315 e. The summed E-state index contributed by atoms with van der Waals surface area (Å²) in [6, 6.07) is 0. The van der Waals surface area contributed by atoms with E-state index in [2.05, 4.69) is 42.3 Å². The van der Waals surface area contributed by atoms with Crippen LogP contribution in [0.5, 0.6) is 0 Å². The van der Waals surface area contributed by atoms with Crippen molar-refractivity contribution < 1.29 is 0 Å². The van der Waals surface area contributed by atoms with Gasteiger partial charge in [-0.1, -0.05) is 0 Å². The molecule has 0 aromatic heterocycles. The molecule has 1 fully saturated rings. The van der Waals surface area contributed by atoms with Crippen LogP contribution in [-0.4, -0.2) is 73.7 Å². The Balaban J connectivity index is 2.14. The fourth-order valence-electron chi connectivity index (χ4n) is 2.41. The Hall–Kier alpha value is 0.230. The molecule has 0 unspecified atom stereocenters. The van der Waals surface area contributed by atoms with Crippen molar-refractivity contribution in [3.8, 4) is 0 Å². The third kappa shape index (κ3) is 5.91. The van der Waals surface area contributed by atoms with Crippen LogP contribution in [0.15, 0.2) is 0 Å². The predicted octanol–water partition coefficient (Wildman–Crippen LogP) is 1.75. The van der Waals surface area contributed by atoms with E-state index < -0.39 is 0 Å². The number of nitrogens with one attached hydrogen (secondary N) is 1. The number of hydrogen-bond acceptors (Lipinski definition) is 4. The summed E-state index contributed by atoms with van der Waals surface area (Å²) in [4.78, 5) is 5.05. The fraction of sp³-hybridized carbons (Fsp3) is 1.00. The smallest absolute Gasteiger partial charge is 0.0278 e. The van der Waals surface area contributed by atoms with E-state index in [1.807, 2.05) is 11.8 Å². The van der Waals surface area contributed by atoms with Crippen LogP contribution in [0.2, 0.25) is 0 Å². The van der Waals surface area contributed by atoms with Gasteiger partial charge in [0.15, 0.2) is 0 Å². The molecule has 3 nitrogen and oxygen atoms in total. The zero-order valence-electron chi connectivity index (χ0n) is 12.7. The standard InChI is InChI=1S/C14H31N3S/c1-14(2,13-15-7-5-6-12-18-4)17-10-8-16(3)9-11-17/h15H,5-13H2,1-4H3. The number of nitrogens with zero attached hydrogens (tertiary/aromatic N) is 2. The lowest BCUT2D eigenvalue weighted by Gasteiger charge is -2.43. The lowest BCUT2D eigenvalue weighted by molar-refractivity contribution is 0.0620. The lowest BCUT2D eigenvalue weighted by atomic mass is 10.0. The van der Waals surface area contributed by atoms with Crippen molar-refractivity contribution in [1.29, 1.82) is 0 Å². The van der Waals surface area contributed by atoms with Crippen LogP contribution in [-0.2, 0) is 0 Å². The Morgan fingerprint density at radius 3 is 2.39 bits per heavy atom. The van der Waals surface area contributed by atoms with Crippen LogP contribution in [0.3, 0.4) is 0 Å². The van der Waals surface area contributed by atoms with Crippen LogP contribution in [0, 0.1) is 0 Å². The summed E-state index contributed by atoms with van der Waals surface area (Å²) in [6.45, 7) is 11.8. The Labute approximate surface area is 118 Å². The molecule has 0 atom stereocenters. The number of piperazine rings is 1. The average Bonchev–Trinajstić information content (AvgIpc) is 2.34. The van der Waals surface area contributed by atoms with Crippen molar-refractivity contribution in [2.45, 2.75) is 32.2 Å². The van der Waals surface area contributed by atoms with E-state index >= 15 is 0 Å². The summed E-state index contributed by atoms with van der Waals surface area (Å²) < 4.78 is 0. The molecule has 0 spiro atoms. The van der Waals surface area contributed by atoms with Gasteiger partial charge in [0, 0.05) is 38.3 Å². The first kappa shape index (κ1) is 16.3. The number of rotatable bonds is 8. The molecule has 4 heteroatoms. The highest BCUT2D eigenvalue weighted by molar-refractivity contribution is 7.98. The van der Waals surface area contributed by atoms with Gasteiger partial charge in [-0.15, -0.1) is 0 Å². The van der Waals surface area contributed by atoms with Crippen molar-refractivity contribution in [3.63, 3.8) is 0 Å². The van der Waals surface area contributed by atoms with Crippen molar-refractivity contribution >= 4 is 11.8 Å². The minimum absolute atomic E-state index is 0.292. The first-order valence-corrected chi connectivity index (χ1v) is 8.59. The molecule has 0 aliphatic carbocycles. The quantitative estimate of drug-likeness (QED) is 0.679. The molecule has 1 heterocycles. The SMILES string of the molecule is CSCCCCNCC(C)(C)N1CCN(C)CC1. The molecule has 0 saturated carbocycles. The second-order valence-corrected chi connectivity index (χ2v) is 6.97. The van der Waals surface area contributed by atoms with E-state index in [-0.39, 0.29) is 0 Å². The maximum Gasteiger partial charge on any atom is 0.0278 e. The zero-order valence-corrected chi connectivity index (χ0v) is 13.5. The molecule has 0 radical (unpaired) electrons. The first-order chi connectivity index (χ1) is 8.56. The number of likely N-dealkylation sites (N-methyl/N-ethyl adjacent to an activating group) is 1. The molecule has 1 saturated heterocycles. The van der Waals surface area contributed by atoms with Crippen LogP contribution < -0.4 is 5.32 Å². The van der Waals surface area contributed by atoms with Crippen molar-refractivity contribution in [2.24, 2.45) is 0 Å². The number of unbranched alkanes of at least 4 members (excludes halogenated alkanes) is 1. The minimum atomic E-state index is 0.292. The Bertz CT molecular complexity index is 213. The van der Waals surface area contributed by atoms with Crippen molar-refractivity contribution in [1.82, 2.24) is 15.1 Å². The van der Waals surface area contributed by atoms with Crippen LogP contribution in [0.25, 0.3) is 0 Å². The van der Waals surface area contributed by atoms with Gasteiger partial charge in [-0.25, -0.2) is 0 Å². The number of thioether (sulfide) groups is 1. The summed E-state index contributed by atoms with van der Waals surface area (Å²) in [5, 5.41) is 3.63. The predicted molar refractivity (Wildman–Crippen MR) is 83.6 cm³/mol. The molecule has 0 aromatic rings. The third-order valence-corrected chi connectivity index (χ3v) is 4.57. The van der Waals surface area contributed by atoms with Crippen molar-refractivity contribution in [2.75, 3.05) is 58.3 Å². The van der Waals surface area contributed by atoms with E-state index in [0.717, 1.165) is 13.1 Å². The van der Waals surface area contributed by atoms with Gasteiger partial charge in [0.05, 0.1) is 0 Å². The summed E-state index contributed by atoms with van der Waals surface area (Å²) in [5.41, 5.74) is 0.292. The highest BCUT2D eigenvalue weighted by atomic mass is 32.2. The van der Waals surface area contributed by atoms with Gasteiger partial charge in [-0.3, -0.25) is 4.90 Å². The first-order valence-electron chi connectivity index (χ1n) is 7.19. The summed E-state index contributed by atoms with van der Waals surface area (Å²) in [7, 11) is 2.22. The molecule has 0 aromatic carbocycles. The molecule has 0 bridgehead atoms. The highest BCUT2D eigenvalue weighted by Crippen LogP contribution is 2.15. The van der Waals surface area contributed by atoms with E-state index in [4.69, 9.17) is 0 Å². The van der Waals surface area contributed by atoms with Gasteiger partial charge in [0.2, 0.25) is 0 Å². The van der Waals surface area contributed by atoms with Gasteiger partial charge < -0.3 is 10.2 Å². The molecular weight excluding hydrogens is 242 g/mol. The zero-order chi connectivity index (χ0) is 13.4. The Kier molecular flexibility index (Phi) is 7.61. The van der Waals surface area contributed by atoms with Gasteiger partial charge in [-0.2, -0.15) is 11.8 Å². The second-order valence-electron chi connectivity index (χ2n) is 5.98. The normalized spacial score (nSPS) is 19.3. The van der Waals surface area contributed by atoms with Gasteiger partial charge in [0.1, 0.15) is 0 Å². The highest BCUT2D eigenvalue weighted by Gasteiger charge is 2.28. The molecule has 1 N–H and O–H groups in total. The molecule has 1 aliphatic rings. The van der Waals surface area contributed by atoms with Gasteiger partial charge in [-0.05, 0) is 52.3 Å². The maximum absolute atomic E-state index is 3.63.